The van der Waals surface area contributed by atoms with Gasteiger partial charge in [-0.2, -0.15) is 0 Å². The van der Waals surface area contributed by atoms with Crippen molar-refractivity contribution in [3.05, 3.63) is 35.4 Å². The Balaban J connectivity index is 2.46. The molecule has 0 heterocycles. The molecule has 1 aromatic carbocycles. The second kappa shape index (κ2) is 3.10. The van der Waals surface area contributed by atoms with Gasteiger partial charge in [0.05, 0.1) is 10.4 Å². The molecule has 70 valence electrons. The molecule has 0 aliphatic heterocycles. The number of alkyl halides is 1. The molecule has 0 saturated heterocycles. The Labute approximate surface area is 87.2 Å². The van der Waals surface area contributed by atoms with E-state index in [2.05, 4.69) is 47.1 Å². The second-order valence-electron chi connectivity index (χ2n) is 3.77. The molecule has 0 radical (unpaired) electrons. The number of benzene rings is 1. The standard InChI is InChI=1S/C11H13BrO/c1-11(12)7-8-5-3-4-6-9(8)10(11)13-2/h3-6,10H,7H2,1-2H3. The number of ether oxygens (including phenoxy) is 1. The molecule has 0 bridgehead atoms. The fraction of sp³-hybridized carbons (Fsp3) is 0.455. The van der Waals surface area contributed by atoms with Gasteiger partial charge in [0.2, 0.25) is 0 Å². The monoisotopic (exact) mass is 240 g/mol. The van der Waals surface area contributed by atoms with Crippen molar-refractivity contribution in [3.8, 4) is 0 Å². The van der Waals surface area contributed by atoms with Crippen LogP contribution in [0.5, 0.6) is 0 Å². The Morgan fingerprint density at radius 3 is 2.85 bits per heavy atom. The lowest BCUT2D eigenvalue weighted by Gasteiger charge is -2.23. The highest BCUT2D eigenvalue weighted by Crippen LogP contribution is 2.46. The van der Waals surface area contributed by atoms with Crippen molar-refractivity contribution in [3.63, 3.8) is 0 Å². The Kier molecular flexibility index (Phi) is 2.20. The normalized spacial score (nSPS) is 31.8. The van der Waals surface area contributed by atoms with E-state index in [0.29, 0.717) is 0 Å². The SMILES string of the molecule is COC1c2ccccc2CC1(C)Br. The maximum Gasteiger partial charge on any atom is 0.0977 e. The van der Waals surface area contributed by atoms with Crippen LogP contribution in [0.25, 0.3) is 0 Å². The minimum Gasteiger partial charge on any atom is -0.375 e. The first-order valence-electron chi connectivity index (χ1n) is 4.44. The topological polar surface area (TPSA) is 9.23 Å². The molecular weight excluding hydrogens is 228 g/mol. The molecule has 2 unspecified atom stereocenters. The summed E-state index contributed by atoms with van der Waals surface area (Å²) in [6, 6.07) is 8.48. The predicted molar refractivity (Wildman–Crippen MR) is 57.2 cm³/mol. The average Bonchev–Trinajstić information content (AvgIpc) is 2.33. The lowest BCUT2D eigenvalue weighted by atomic mass is 10.1. The van der Waals surface area contributed by atoms with Crippen molar-refractivity contribution in [2.24, 2.45) is 0 Å². The van der Waals surface area contributed by atoms with Crippen LogP contribution in [0.3, 0.4) is 0 Å². The molecular formula is C11H13BrO. The summed E-state index contributed by atoms with van der Waals surface area (Å²) >= 11 is 3.72. The maximum absolute atomic E-state index is 5.51. The molecule has 0 aromatic heterocycles. The van der Waals surface area contributed by atoms with Crippen molar-refractivity contribution in [2.45, 2.75) is 23.8 Å². The molecule has 2 rings (SSSR count). The van der Waals surface area contributed by atoms with Crippen LogP contribution in [0.1, 0.15) is 24.2 Å². The summed E-state index contributed by atoms with van der Waals surface area (Å²) in [7, 11) is 1.77. The van der Waals surface area contributed by atoms with Gasteiger partial charge in [-0.05, 0) is 24.5 Å². The summed E-state index contributed by atoms with van der Waals surface area (Å²) < 4.78 is 5.57. The van der Waals surface area contributed by atoms with Crippen molar-refractivity contribution < 1.29 is 4.74 Å². The van der Waals surface area contributed by atoms with Crippen LogP contribution >= 0.6 is 15.9 Å². The average molecular weight is 241 g/mol. The number of methoxy groups -OCH3 is 1. The van der Waals surface area contributed by atoms with E-state index in [4.69, 9.17) is 4.74 Å². The van der Waals surface area contributed by atoms with Crippen LogP contribution in [0.2, 0.25) is 0 Å². The largest absolute Gasteiger partial charge is 0.375 e. The minimum absolute atomic E-state index is 0.0609. The van der Waals surface area contributed by atoms with Crippen molar-refractivity contribution >= 4 is 15.9 Å². The van der Waals surface area contributed by atoms with E-state index in [1.54, 1.807) is 7.11 Å². The summed E-state index contributed by atoms with van der Waals surface area (Å²) in [5, 5.41) is 0. The van der Waals surface area contributed by atoms with Gasteiger partial charge >= 0.3 is 0 Å². The van der Waals surface area contributed by atoms with Gasteiger partial charge in [-0.1, -0.05) is 40.2 Å². The summed E-state index contributed by atoms with van der Waals surface area (Å²) in [6.45, 7) is 2.18. The Morgan fingerprint density at radius 2 is 2.15 bits per heavy atom. The van der Waals surface area contributed by atoms with Crippen molar-refractivity contribution in [1.82, 2.24) is 0 Å². The van der Waals surface area contributed by atoms with Gasteiger partial charge in [0, 0.05) is 7.11 Å². The molecule has 0 saturated carbocycles. The Hall–Kier alpha value is -0.340. The van der Waals surface area contributed by atoms with Gasteiger partial charge in [0.15, 0.2) is 0 Å². The molecule has 0 N–H and O–H groups in total. The van der Waals surface area contributed by atoms with Gasteiger partial charge in [0.1, 0.15) is 0 Å². The highest BCUT2D eigenvalue weighted by molar-refractivity contribution is 9.10. The summed E-state index contributed by atoms with van der Waals surface area (Å²) in [5.74, 6) is 0. The number of hydrogen-bond acceptors (Lipinski definition) is 1. The third kappa shape index (κ3) is 1.42. The molecule has 0 amide bonds. The number of rotatable bonds is 1. The van der Waals surface area contributed by atoms with Crippen molar-refractivity contribution in [1.29, 1.82) is 0 Å². The van der Waals surface area contributed by atoms with Gasteiger partial charge in [-0.3, -0.25) is 0 Å². The molecule has 1 aromatic rings. The fourth-order valence-corrected chi connectivity index (χ4v) is 2.85. The van der Waals surface area contributed by atoms with E-state index >= 15 is 0 Å². The van der Waals surface area contributed by atoms with E-state index in [-0.39, 0.29) is 10.4 Å². The summed E-state index contributed by atoms with van der Waals surface area (Å²) in [4.78, 5) is 0. The Morgan fingerprint density at radius 1 is 1.46 bits per heavy atom. The van der Waals surface area contributed by atoms with E-state index in [0.717, 1.165) is 6.42 Å². The van der Waals surface area contributed by atoms with Crippen LogP contribution in [0, 0.1) is 0 Å². The molecule has 1 aliphatic rings. The Bertz CT molecular complexity index is 320. The van der Waals surface area contributed by atoms with Gasteiger partial charge in [0.25, 0.3) is 0 Å². The lowest BCUT2D eigenvalue weighted by molar-refractivity contribution is 0.0853. The maximum atomic E-state index is 5.51. The van der Waals surface area contributed by atoms with Gasteiger partial charge < -0.3 is 4.74 Å². The molecule has 0 fully saturated rings. The predicted octanol–water partition coefficient (Wildman–Crippen LogP) is 3.08. The summed E-state index contributed by atoms with van der Waals surface area (Å²) in [5.41, 5.74) is 2.72. The first kappa shape index (κ1) is 9.22. The van der Waals surface area contributed by atoms with Crippen LogP contribution in [0.15, 0.2) is 24.3 Å². The van der Waals surface area contributed by atoms with Crippen LogP contribution < -0.4 is 0 Å². The molecule has 13 heavy (non-hydrogen) atoms. The van der Waals surface area contributed by atoms with E-state index < -0.39 is 0 Å². The molecule has 1 aliphatic carbocycles. The second-order valence-corrected chi connectivity index (χ2v) is 5.58. The lowest BCUT2D eigenvalue weighted by Crippen LogP contribution is -2.22. The molecule has 0 spiro atoms. The van der Waals surface area contributed by atoms with Gasteiger partial charge in [-0.15, -0.1) is 0 Å². The van der Waals surface area contributed by atoms with Crippen LogP contribution in [-0.4, -0.2) is 11.4 Å². The van der Waals surface area contributed by atoms with Crippen LogP contribution in [0.4, 0.5) is 0 Å². The highest BCUT2D eigenvalue weighted by atomic mass is 79.9. The van der Waals surface area contributed by atoms with Crippen molar-refractivity contribution in [2.75, 3.05) is 7.11 Å². The van der Waals surface area contributed by atoms with E-state index in [1.807, 2.05) is 0 Å². The fourth-order valence-electron chi connectivity index (χ4n) is 2.11. The zero-order chi connectivity index (χ0) is 9.47. The first-order valence-corrected chi connectivity index (χ1v) is 5.24. The number of halogens is 1. The molecule has 1 nitrogen and oxygen atoms in total. The third-order valence-corrected chi connectivity index (χ3v) is 3.35. The smallest absolute Gasteiger partial charge is 0.0977 e. The van der Waals surface area contributed by atoms with E-state index in [1.165, 1.54) is 11.1 Å². The van der Waals surface area contributed by atoms with E-state index in [9.17, 15) is 0 Å². The molecule has 2 atom stereocenters. The number of hydrogen-bond donors (Lipinski definition) is 0. The highest BCUT2D eigenvalue weighted by Gasteiger charge is 2.40. The zero-order valence-electron chi connectivity index (χ0n) is 7.88. The zero-order valence-corrected chi connectivity index (χ0v) is 9.47. The third-order valence-electron chi connectivity index (χ3n) is 2.66. The number of fused-ring (bicyclic) bond motifs is 1. The summed E-state index contributed by atoms with van der Waals surface area (Å²) in [6.07, 6.45) is 1.23. The van der Waals surface area contributed by atoms with Crippen LogP contribution in [-0.2, 0) is 11.2 Å². The minimum atomic E-state index is 0.0609. The van der Waals surface area contributed by atoms with Gasteiger partial charge in [-0.25, -0.2) is 0 Å². The first-order chi connectivity index (χ1) is 6.15. The molecule has 2 heteroatoms. The quantitative estimate of drug-likeness (QED) is 0.686.